The van der Waals surface area contributed by atoms with Crippen molar-refractivity contribution in [3.05, 3.63) is 65.7 Å². The number of carbonyl (C=O) groups is 2. The van der Waals surface area contributed by atoms with Gasteiger partial charge in [-0.15, -0.1) is 0 Å². The molecular weight excluding hydrogens is 340 g/mol. The van der Waals surface area contributed by atoms with Crippen LogP contribution in [0, 0.1) is 0 Å². The number of hydrogen-bond acceptors (Lipinski definition) is 4. The van der Waals surface area contributed by atoms with Gasteiger partial charge in [0.2, 0.25) is 5.91 Å². The Bertz CT molecular complexity index is 916. The molecule has 0 fully saturated rings. The second kappa shape index (κ2) is 7.76. The van der Waals surface area contributed by atoms with Gasteiger partial charge in [-0.3, -0.25) is 9.59 Å². The summed E-state index contributed by atoms with van der Waals surface area (Å²) in [6.07, 6.45) is 4.04. The van der Waals surface area contributed by atoms with Gasteiger partial charge in [0.05, 0.1) is 4.90 Å². The van der Waals surface area contributed by atoms with Crippen LogP contribution in [0.2, 0.25) is 0 Å². The SMILES string of the molecule is CNC(=O)c1ccc(/C=C/C(=O)Nc2cccc(S(C)(=O)=O)c2)cc1. The molecule has 0 aliphatic heterocycles. The fourth-order valence-electron chi connectivity index (χ4n) is 2.05. The van der Waals surface area contributed by atoms with Crippen molar-refractivity contribution in [2.24, 2.45) is 0 Å². The molecule has 2 N–H and O–H groups in total. The topological polar surface area (TPSA) is 92.3 Å². The standard InChI is InChI=1S/C18H18N2O4S/c1-19-18(22)14-9-6-13(7-10-14)8-11-17(21)20-15-4-3-5-16(12-15)25(2,23)24/h3-12H,1-2H3,(H,19,22)(H,20,21)/b11-8+. The van der Waals surface area contributed by atoms with Crippen LogP contribution in [0.15, 0.2) is 59.5 Å². The highest BCUT2D eigenvalue weighted by atomic mass is 32.2. The minimum atomic E-state index is -3.33. The summed E-state index contributed by atoms with van der Waals surface area (Å²) in [6.45, 7) is 0. The molecule has 0 saturated heterocycles. The molecule has 7 heteroatoms. The van der Waals surface area contributed by atoms with Crippen LogP contribution in [-0.4, -0.2) is 33.5 Å². The van der Waals surface area contributed by atoms with Gasteiger partial charge >= 0.3 is 0 Å². The zero-order valence-corrected chi connectivity index (χ0v) is 14.6. The summed E-state index contributed by atoms with van der Waals surface area (Å²) >= 11 is 0. The summed E-state index contributed by atoms with van der Waals surface area (Å²) in [7, 11) is -1.78. The Labute approximate surface area is 146 Å². The zero-order valence-electron chi connectivity index (χ0n) is 13.8. The lowest BCUT2D eigenvalue weighted by Gasteiger charge is -2.04. The van der Waals surface area contributed by atoms with Gasteiger partial charge in [0.15, 0.2) is 9.84 Å². The normalized spacial score (nSPS) is 11.3. The third-order valence-corrected chi connectivity index (χ3v) is 4.47. The second-order valence-electron chi connectivity index (χ2n) is 5.32. The molecule has 0 spiro atoms. The van der Waals surface area contributed by atoms with Crippen molar-refractivity contribution in [1.29, 1.82) is 0 Å². The molecule has 0 radical (unpaired) electrons. The molecule has 2 rings (SSSR count). The average Bonchev–Trinajstić information content (AvgIpc) is 2.59. The van der Waals surface area contributed by atoms with E-state index in [-0.39, 0.29) is 16.7 Å². The van der Waals surface area contributed by atoms with Crippen LogP contribution < -0.4 is 10.6 Å². The molecule has 0 heterocycles. The highest BCUT2D eigenvalue weighted by Gasteiger charge is 2.08. The number of benzene rings is 2. The highest BCUT2D eigenvalue weighted by molar-refractivity contribution is 7.90. The summed E-state index contributed by atoms with van der Waals surface area (Å²) in [5, 5.41) is 5.14. The van der Waals surface area contributed by atoms with Crippen molar-refractivity contribution in [1.82, 2.24) is 5.32 Å². The van der Waals surface area contributed by atoms with Gasteiger partial charge in [-0.25, -0.2) is 8.42 Å². The van der Waals surface area contributed by atoms with Gasteiger partial charge in [-0.1, -0.05) is 18.2 Å². The number of carbonyl (C=O) groups excluding carboxylic acids is 2. The highest BCUT2D eigenvalue weighted by Crippen LogP contribution is 2.15. The van der Waals surface area contributed by atoms with E-state index in [2.05, 4.69) is 10.6 Å². The molecule has 0 aliphatic rings. The summed E-state index contributed by atoms with van der Waals surface area (Å²) in [5.41, 5.74) is 1.68. The van der Waals surface area contributed by atoms with E-state index in [1.807, 2.05) is 0 Å². The van der Waals surface area contributed by atoms with Gasteiger partial charge < -0.3 is 10.6 Å². The van der Waals surface area contributed by atoms with E-state index in [1.165, 1.54) is 18.2 Å². The van der Waals surface area contributed by atoms with Crippen LogP contribution in [0.3, 0.4) is 0 Å². The van der Waals surface area contributed by atoms with Gasteiger partial charge in [0, 0.05) is 30.6 Å². The zero-order chi connectivity index (χ0) is 18.4. The molecule has 2 amide bonds. The summed E-state index contributed by atoms with van der Waals surface area (Å²) in [5.74, 6) is -0.569. The van der Waals surface area contributed by atoms with Crippen molar-refractivity contribution in [2.45, 2.75) is 4.90 Å². The molecule has 6 nitrogen and oxygen atoms in total. The summed E-state index contributed by atoms with van der Waals surface area (Å²) < 4.78 is 23.0. The second-order valence-corrected chi connectivity index (χ2v) is 7.34. The maximum Gasteiger partial charge on any atom is 0.251 e. The number of rotatable bonds is 5. The van der Waals surface area contributed by atoms with Gasteiger partial charge in [-0.2, -0.15) is 0 Å². The number of nitrogens with one attached hydrogen (secondary N) is 2. The van der Waals surface area contributed by atoms with E-state index in [0.29, 0.717) is 11.3 Å². The van der Waals surface area contributed by atoms with Crippen LogP contribution >= 0.6 is 0 Å². The van der Waals surface area contributed by atoms with E-state index in [4.69, 9.17) is 0 Å². The Hall–Kier alpha value is -2.93. The van der Waals surface area contributed by atoms with Crippen LogP contribution in [-0.2, 0) is 14.6 Å². The lowest BCUT2D eigenvalue weighted by atomic mass is 10.1. The maximum absolute atomic E-state index is 12.0. The van der Waals surface area contributed by atoms with E-state index < -0.39 is 9.84 Å². The largest absolute Gasteiger partial charge is 0.355 e. The number of hydrogen-bond donors (Lipinski definition) is 2. The molecule has 0 unspecified atom stereocenters. The fourth-order valence-corrected chi connectivity index (χ4v) is 2.72. The monoisotopic (exact) mass is 358 g/mol. The average molecular weight is 358 g/mol. The Balaban J connectivity index is 2.05. The molecule has 0 aliphatic carbocycles. The molecular formula is C18H18N2O4S. The molecule has 2 aromatic carbocycles. The Morgan fingerprint density at radius 2 is 1.72 bits per heavy atom. The smallest absolute Gasteiger partial charge is 0.251 e. The van der Waals surface area contributed by atoms with Gasteiger partial charge in [0.25, 0.3) is 5.91 Å². The number of amides is 2. The first-order chi connectivity index (χ1) is 11.8. The minimum absolute atomic E-state index is 0.138. The van der Waals surface area contributed by atoms with Crippen molar-refractivity contribution < 1.29 is 18.0 Å². The first-order valence-corrected chi connectivity index (χ1v) is 9.30. The van der Waals surface area contributed by atoms with Crippen LogP contribution in [0.4, 0.5) is 5.69 Å². The maximum atomic E-state index is 12.0. The Kier molecular flexibility index (Phi) is 5.71. The van der Waals surface area contributed by atoms with Crippen molar-refractivity contribution in [2.75, 3.05) is 18.6 Å². The quantitative estimate of drug-likeness (QED) is 0.801. The van der Waals surface area contributed by atoms with Crippen LogP contribution in [0.25, 0.3) is 6.08 Å². The van der Waals surface area contributed by atoms with Crippen LogP contribution in [0.5, 0.6) is 0 Å². The molecule has 0 bridgehead atoms. The predicted molar refractivity (Wildman–Crippen MR) is 97.0 cm³/mol. The summed E-state index contributed by atoms with van der Waals surface area (Å²) in [4.78, 5) is 23.6. The first-order valence-electron chi connectivity index (χ1n) is 7.41. The molecule has 2 aromatic rings. The van der Waals surface area contributed by atoms with Gasteiger partial charge in [-0.05, 0) is 42.0 Å². The van der Waals surface area contributed by atoms with Crippen molar-refractivity contribution in [3.8, 4) is 0 Å². The third kappa shape index (κ3) is 5.29. The van der Waals surface area contributed by atoms with E-state index in [1.54, 1.807) is 49.5 Å². The first kappa shape index (κ1) is 18.4. The Morgan fingerprint density at radius 1 is 1.04 bits per heavy atom. The molecule has 0 saturated carbocycles. The number of sulfone groups is 1. The molecule has 25 heavy (non-hydrogen) atoms. The van der Waals surface area contributed by atoms with Crippen molar-refractivity contribution in [3.63, 3.8) is 0 Å². The van der Waals surface area contributed by atoms with Gasteiger partial charge in [0.1, 0.15) is 0 Å². The Morgan fingerprint density at radius 3 is 2.32 bits per heavy atom. The van der Waals surface area contributed by atoms with Crippen molar-refractivity contribution >= 4 is 33.4 Å². The molecule has 130 valence electrons. The lowest BCUT2D eigenvalue weighted by Crippen LogP contribution is -2.17. The van der Waals surface area contributed by atoms with E-state index >= 15 is 0 Å². The van der Waals surface area contributed by atoms with Crippen LogP contribution in [0.1, 0.15) is 15.9 Å². The third-order valence-electron chi connectivity index (χ3n) is 3.36. The predicted octanol–water partition coefficient (Wildman–Crippen LogP) is 2.10. The van der Waals surface area contributed by atoms with E-state index in [9.17, 15) is 18.0 Å². The molecule has 0 atom stereocenters. The molecule has 0 aromatic heterocycles. The van der Waals surface area contributed by atoms with E-state index in [0.717, 1.165) is 11.8 Å². The number of anilines is 1. The fraction of sp³-hybridized carbons (Fsp3) is 0.111. The summed E-state index contributed by atoms with van der Waals surface area (Å²) in [6, 6.07) is 12.8. The minimum Gasteiger partial charge on any atom is -0.355 e. The lowest BCUT2D eigenvalue weighted by molar-refractivity contribution is -0.111.